The van der Waals surface area contributed by atoms with Gasteiger partial charge in [-0.25, -0.2) is 9.97 Å². The molecule has 0 saturated carbocycles. The molecule has 0 unspecified atom stereocenters. The number of hydrogen-bond acceptors (Lipinski definition) is 4. The zero-order valence-electron chi connectivity index (χ0n) is 14.4. The summed E-state index contributed by atoms with van der Waals surface area (Å²) in [5.74, 6) is 0.769. The maximum absolute atomic E-state index is 9.10. The fourth-order valence-corrected chi connectivity index (χ4v) is 2.80. The summed E-state index contributed by atoms with van der Waals surface area (Å²) in [5, 5.41) is 9.10. The van der Waals surface area contributed by atoms with Crippen molar-refractivity contribution < 1.29 is 5.11 Å². The van der Waals surface area contributed by atoms with Gasteiger partial charge in [-0.2, -0.15) is 0 Å². The normalized spacial score (nSPS) is 12.5. The van der Waals surface area contributed by atoms with Crippen molar-refractivity contribution >= 4 is 5.78 Å². The lowest BCUT2D eigenvalue weighted by Crippen LogP contribution is -2.33. The highest BCUT2D eigenvalue weighted by Crippen LogP contribution is 2.18. The number of aryl methyl sites for hydroxylation is 2. The molecule has 0 atom stereocenters. The van der Waals surface area contributed by atoms with Crippen molar-refractivity contribution in [1.29, 1.82) is 0 Å². The highest BCUT2D eigenvalue weighted by molar-refractivity contribution is 5.34. The van der Waals surface area contributed by atoms with E-state index < -0.39 is 0 Å². The van der Waals surface area contributed by atoms with E-state index >= 15 is 0 Å². The summed E-state index contributed by atoms with van der Waals surface area (Å²) in [4.78, 5) is 11.5. The molecule has 1 N–H and O–H groups in total. The first-order valence-corrected chi connectivity index (χ1v) is 7.94. The van der Waals surface area contributed by atoms with E-state index in [0.29, 0.717) is 0 Å². The smallest absolute Gasteiger partial charge is 0.234 e. The van der Waals surface area contributed by atoms with Crippen LogP contribution in [0.4, 0.5) is 0 Å². The van der Waals surface area contributed by atoms with E-state index in [9.17, 15) is 0 Å². The van der Waals surface area contributed by atoms with E-state index in [1.807, 2.05) is 11.3 Å². The number of nitrogens with zero attached hydrogens (tertiary/aromatic N) is 4. The molecule has 5 heteroatoms. The van der Waals surface area contributed by atoms with Crippen molar-refractivity contribution in [3.8, 4) is 0 Å². The minimum atomic E-state index is 0.222. The van der Waals surface area contributed by atoms with E-state index in [-0.39, 0.29) is 12.0 Å². The standard InChI is InChI=1S/C17H28N4O/c1-13-9-14(2)21-11-15(19-16(21)18-13)10-20(7-6-8-22)12-17(3,4)5/h9,11,22H,6-8,10,12H2,1-5H3. The lowest BCUT2D eigenvalue weighted by Gasteiger charge is -2.29. The van der Waals surface area contributed by atoms with Crippen LogP contribution in [-0.4, -0.2) is 44.1 Å². The van der Waals surface area contributed by atoms with Gasteiger partial charge in [-0.3, -0.25) is 9.30 Å². The Morgan fingerprint density at radius 2 is 1.95 bits per heavy atom. The maximum Gasteiger partial charge on any atom is 0.234 e. The molecule has 0 spiro atoms. The molecule has 0 aromatic carbocycles. The monoisotopic (exact) mass is 304 g/mol. The summed E-state index contributed by atoms with van der Waals surface area (Å²) in [6.45, 7) is 13.7. The lowest BCUT2D eigenvalue weighted by molar-refractivity contribution is 0.165. The average Bonchev–Trinajstić information content (AvgIpc) is 2.76. The summed E-state index contributed by atoms with van der Waals surface area (Å²) in [6.07, 6.45) is 2.87. The second kappa shape index (κ2) is 6.75. The zero-order chi connectivity index (χ0) is 16.3. The van der Waals surface area contributed by atoms with Crippen LogP contribution >= 0.6 is 0 Å². The number of imidazole rings is 1. The first kappa shape index (κ1) is 16.9. The Morgan fingerprint density at radius 1 is 1.23 bits per heavy atom. The quantitative estimate of drug-likeness (QED) is 0.891. The van der Waals surface area contributed by atoms with Crippen molar-refractivity contribution in [3.05, 3.63) is 29.3 Å². The number of aliphatic hydroxyl groups is 1. The molecule has 2 heterocycles. The third-order valence-electron chi connectivity index (χ3n) is 3.53. The largest absolute Gasteiger partial charge is 0.396 e. The molecule has 0 aliphatic rings. The van der Waals surface area contributed by atoms with Crippen LogP contribution in [0.3, 0.4) is 0 Å². The van der Waals surface area contributed by atoms with Gasteiger partial charge < -0.3 is 5.11 Å². The van der Waals surface area contributed by atoms with Crippen LogP contribution in [0, 0.1) is 19.3 Å². The molecule has 2 aromatic rings. The van der Waals surface area contributed by atoms with Gasteiger partial charge in [0.15, 0.2) is 0 Å². The van der Waals surface area contributed by atoms with Gasteiger partial charge in [0.2, 0.25) is 5.78 Å². The van der Waals surface area contributed by atoms with E-state index in [0.717, 1.165) is 48.9 Å². The van der Waals surface area contributed by atoms with Gasteiger partial charge in [-0.15, -0.1) is 0 Å². The second-order valence-electron chi connectivity index (χ2n) is 7.29. The van der Waals surface area contributed by atoms with Crippen LogP contribution in [0.25, 0.3) is 5.78 Å². The van der Waals surface area contributed by atoms with Gasteiger partial charge in [0.25, 0.3) is 0 Å². The highest BCUT2D eigenvalue weighted by Gasteiger charge is 2.18. The van der Waals surface area contributed by atoms with Crippen LogP contribution in [0.1, 0.15) is 44.3 Å². The predicted octanol–water partition coefficient (Wildman–Crippen LogP) is 2.58. The molecule has 0 amide bonds. The Labute approximate surface area is 133 Å². The fourth-order valence-electron chi connectivity index (χ4n) is 2.80. The van der Waals surface area contributed by atoms with E-state index in [4.69, 9.17) is 5.11 Å². The minimum absolute atomic E-state index is 0.222. The van der Waals surface area contributed by atoms with Crippen molar-refractivity contribution in [2.45, 2.75) is 47.6 Å². The molecule has 0 aliphatic carbocycles. The van der Waals surface area contributed by atoms with Crippen LogP contribution in [0.5, 0.6) is 0 Å². The topological polar surface area (TPSA) is 53.7 Å². The van der Waals surface area contributed by atoms with Gasteiger partial charge in [-0.05, 0) is 31.7 Å². The number of rotatable bonds is 6. The summed E-state index contributed by atoms with van der Waals surface area (Å²) >= 11 is 0. The van der Waals surface area contributed by atoms with Gasteiger partial charge in [-0.1, -0.05) is 20.8 Å². The summed E-state index contributed by atoms with van der Waals surface area (Å²) < 4.78 is 2.05. The van der Waals surface area contributed by atoms with E-state index in [1.165, 1.54) is 0 Å². The first-order chi connectivity index (χ1) is 10.3. The average molecular weight is 304 g/mol. The number of aliphatic hydroxyl groups excluding tert-OH is 1. The van der Waals surface area contributed by atoms with E-state index in [2.05, 4.69) is 54.8 Å². The lowest BCUT2D eigenvalue weighted by atomic mass is 9.96. The molecule has 0 saturated heterocycles. The number of aromatic nitrogens is 3. The van der Waals surface area contributed by atoms with Crippen LogP contribution in [0.15, 0.2) is 12.3 Å². The van der Waals surface area contributed by atoms with E-state index in [1.54, 1.807) is 0 Å². The molecule has 2 aromatic heterocycles. The van der Waals surface area contributed by atoms with Crippen LogP contribution in [-0.2, 0) is 6.54 Å². The second-order valence-corrected chi connectivity index (χ2v) is 7.29. The molecule has 0 radical (unpaired) electrons. The molecule has 2 rings (SSSR count). The molecule has 0 bridgehead atoms. The van der Waals surface area contributed by atoms with Gasteiger partial charge in [0.05, 0.1) is 5.69 Å². The van der Waals surface area contributed by atoms with Crippen molar-refractivity contribution in [3.63, 3.8) is 0 Å². The summed E-state index contributed by atoms with van der Waals surface area (Å²) in [5.41, 5.74) is 3.40. The fraction of sp³-hybridized carbons (Fsp3) is 0.647. The SMILES string of the molecule is Cc1cc(C)n2cc(CN(CCCO)CC(C)(C)C)nc2n1. The Kier molecular flexibility index (Phi) is 5.19. The number of fused-ring (bicyclic) bond motifs is 1. The first-order valence-electron chi connectivity index (χ1n) is 7.94. The Hall–Kier alpha value is -1.46. The van der Waals surface area contributed by atoms with Gasteiger partial charge in [0.1, 0.15) is 0 Å². The third kappa shape index (κ3) is 4.52. The van der Waals surface area contributed by atoms with Crippen molar-refractivity contribution in [1.82, 2.24) is 19.3 Å². The third-order valence-corrected chi connectivity index (χ3v) is 3.53. The Morgan fingerprint density at radius 3 is 2.59 bits per heavy atom. The molecule has 122 valence electrons. The molecule has 0 aliphatic heterocycles. The van der Waals surface area contributed by atoms with Crippen LogP contribution < -0.4 is 0 Å². The highest BCUT2D eigenvalue weighted by atomic mass is 16.3. The molecule has 0 fully saturated rings. The summed E-state index contributed by atoms with van der Waals surface area (Å²) in [7, 11) is 0. The minimum Gasteiger partial charge on any atom is -0.396 e. The Balaban J connectivity index is 2.20. The molecular formula is C17H28N4O. The zero-order valence-corrected chi connectivity index (χ0v) is 14.4. The molecule has 22 heavy (non-hydrogen) atoms. The van der Waals surface area contributed by atoms with Crippen molar-refractivity contribution in [2.24, 2.45) is 5.41 Å². The maximum atomic E-state index is 9.10. The number of hydrogen-bond donors (Lipinski definition) is 1. The van der Waals surface area contributed by atoms with Gasteiger partial charge >= 0.3 is 0 Å². The predicted molar refractivity (Wildman–Crippen MR) is 88.9 cm³/mol. The van der Waals surface area contributed by atoms with Gasteiger partial charge in [0, 0.05) is 43.8 Å². The molecule has 5 nitrogen and oxygen atoms in total. The van der Waals surface area contributed by atoms with Crippen LogP contribution in [0.2, 0.25) is 0 Å². The van der Waals surface area contributed by atoms with Crippen molar-refractivity contribution in [2.75, 3.05) is 19.7 Å². The molecular weight excluding hydrogens is 276 g/mol. The Bertz CT molecular complexity index is 627. The summed E-state index contributed by atoms with van der Waals surface area (Å²) in [6, 6.07) is 2.07.